The van der Waals surface area contributed by atoms with Gasteiger partial charge in [-0.25, -0.2) is 14.7 Å². The van der Waals surface area contributed by atoms with Gasteiger partial charge in [-0.15, -0.1) is 0 Å². The van der Waals surface area contributed by atoms with Gasteiger partial charge in [0.2, 0.25) is 0 Å². The number of aliphatic imine (C=N–C) groups is 1. The van der Waals surface area contributed by atoms with Gasteiger partial charge in [0.25, 0.3) is 0 Å². The Morgan fingerprint density at radius 3 is 1.88 bits per heavy atom. The molecule has 0 N–H and O–H groups in total. The molecule has 1 aliphatic heterocycles. The number of carbonyl (C=O) groups is 1. The van der Waals surface area contributed by atoms with Gasteiger partial charge in [0.15, 0.2) is 5.84 Å². The Bertz CT molecular complexity index is 1280. The van der Waals surface area contributed by atoms with E-state index in [4.69, 9.17) is 9.73 Å². The van der Waals surface area contributed by atoms with E-state index >= 15 is 0 Å². The van der Waals surface area contributed by atoms with Crippen LogP contribution in [0.5, 0.6) is 0 Å². The zero-order valence-corrected chi connectivity index (χ0v) is 21.9. The molecule has 1 aliphatic rings. The third kappa shape index (κ3) is 4.59. The van der Waals surface area contributed by atoms with Gasteiger partial charge in [-0.1, -0.05) is 84.0 Å². The van der Waals surface area contributed by atoms with E-state index in [2.05, 4.69) is 65.8 Å². The Kier molecular flexibility index (Phi) is 5.63. The van der Waals surface area contributed by atoms with Crippen LogP contribution in [0.3, 0.4) is 0 Å². The topological polar surface area (TPSA) is 41.9 Å². The highest BCUT2D eigenvalue weighted by molar-refractivity contribution is 6.29. The zero-order chi connectivity index (χ0) is 25.1. The standard InChI is InChI=1S/C30H36N2O2/c1-28(2,3)21-15-20-16-22(29(4,5)6)18-24-25(20)23(17-21)31-26(19-13-11-10-12-14-19)32(24)27(33)34-30(7,8)9/h10-18H,1-9H3. The van der Waals surface area contributed by atoms with Gasteiger partial charge in [0.1, 0.15) is 5.60 Å². The second-order valence-electron chi connectivity index (χ2n) is 12.2. The molecule has 4 rings (SSSR count). The van der Waals surface area contributed by atoms with Crippen molar-refractivity contribution in [2.75, 3.05) is 4.90 Å². The van der Waals surface area contributed by atoms with Crippen LogP contribution in [0.4, 0.5) is 16.2 Å². The number of hydrogen-bond donors (Lipinski definition) is 0. The van der Waals surface area contributed by atoms with Crippen LogP contribution in [-0.4, -0.2) is 17.5 Å². The molecule has 0 unspecified atom stereocenters. The predicted molar refractivity (Wildman–Crippen MR) is 143 cm³/mol. The van der Waals surface area contributed by atoms with E-state index in [1.807, 2.05) is 51.1 Å². The average Bonchev–Trinajstić information content (AvgIpc) is 2.71. The molecule has 0 aliphatic carbocycles. The van der Waals surface area contributed by atoms with Gasteiger partial charge in [0.05, 0.1) is 11.4 Å². The van der Waals surface area contributed by atoms with Gasteiger partial charge < -0.3 is 4.74 Å². The maximum atomic E-state index is 13.7. The largest absolute Gasteiger partial charge is 0.443 e. The average molecular weight is 457 g/mol. The van der Waals surface area contributed by atoms with E-state index in [-0.39, 0.29) is 10.8 Å². The minimum absolute atomic E-state index is 0.0344. The molecule has 1 amide bonds. The van der Waals surface area contributed by atoms with Crippen molar-refractivity contribution in [2.24, 2.45) is 4.99 Å². The maximum Gasteiger partial charge on any atom is 0.420 e. The van der Waals surface area contributed by atoms with Gasteiger partial charge in [-0.05, 0) is 60.2 Å². The summed E-state index contributed by atoms with van der Waals surface area (Å²) in [4.78, 5) is 20.4. The molecule has 0 radical (unpaired) electrons. The fraction of sp³-hybridized carbons (Fsp3) is 0.400. The van der Waals surface area contributed by atoms with E-state index < -0.39 is 11.7 Å². The molecule has 178 valence electrons. The summed E-state index contributed by atoms with van der Waals surface area (Å²) >= 11 is 0. The maximum absolute atomic E-state index is 13.7. The predicted octanol–water partition coefficient (Wildman–Crippen LogP) is 8.27. The highest BCUT2D eigenvalue weighted by Crippen LogP contribution is 2.45. The van der Waals surface area contributed by atoms with Crippen molar-refractivity contribution in [1.82, 2.24) is 0 Å². The molecule has 34 heavy (non-hydrogen) atoms. The second kappa shape index (κ2) is 7.97. The van der Waals surface area contributed by atoms with Crippen molar-refractivity contribution >= 4 is 34.1 Å². The summed E-state index contributed by atoms with van der Waals surface area (Å²) in [6.45, 7) is 18.9. The van der Waals surface area contributed by atoms with Crippen molar-refractivity contribution in [3.63, 3.8) is 0 Å². The Balaban J connectivity index is 2.09. The molecule has 0 saturated carbocycles. The molecule has 0 fully saturated rings. The summed E-state index contributed by atoms with van der Waals surface area (Å²) in [5, 5.41) is 2.07. The molecule has 3 aromatic rings. The van der Waals surface area contributed by atoms with Crippen LogP contribution in [-0.2, 0) is 15.6 Å². The first-order chi connectivity index (χ1) is 15.6. The Hall–Kier alpha value is -3.14. The number of anilines is 1. The summed E-state index contributed by atoms with van der Waals surface area (Å²) in [7, 11) is 0. The third-order valence-electron chi connectivity index (χ3n) is 6.03. The summed E-state index contributed by atoms with van der Waals surface area (Å²) in [6.07, 6.45) is -0.423. The molecule has 0 spiro atoms. The van der Waals surface area contributed by atoms with Crippen molar-refractivity contribution in [3.8, 4) is 0 Å². The summed E-state index contributed by atoms with van der Waals surface area (Å²) < 4.78 is 5.88. The van der Waals surface area contributed by atoms with Crippen LogP contribution >= 0.6 is 0 Å². The first-order valence-electron chi connectivity index (χ1n) is 12.0. The van der Waals surface area contributed by atoms with Gasteiger partial charge in [-0.3, -0.25) is 0 Å². The highest BCUT2D eigenvalue weighted by atomic mass is 16.6. The van der Waals surface area contributed by atoms with Crippen LogP contribution < -0.4 is 4.90 Å². The molecule has 0 aromatic heterocycles. The summed E-state index contributed by atoms with van der Waals surface area (Å²) in [5.41, 5.74) is 4.20. The van der Waals surface area contributed by atoms with Gasteiger partial charge in [0, 0.05) is 10.9 Å². The molecule has 0 bridgehead atoms. The highest BCUT2D eigenvalue weighted by Gasteiger charge is 2.34. The Labute approximate surface area is 203 Å². The number of rotatable bonds is 1. The zero-order valence-electron chi connectivity index (χ0n) is 21.9. The molecule has 0 atom stereocenters. The fourth-order valence-electron chi connectivity index (χ4n) is 4.15. The van der Waals surface area contributed by atoms with Crippen molar-refractivity contribution in [1.29, 1.82) is 0 Å². The molecule has 3 aromatic carbocycles. The molecular weight excluding hydrogens is 420 g/mol. The summed E-state index contributed by atoms with van der Waals surface area (Å²) in [5.74, 6) is 0.584. The first kappa shape index (κ1) is 24.0. The van der Waals surface area contributed by atoms with E-state index in [0.717, 1.165) is 33.3 Å². The van der Waals surface area contributed by atoms with Crippen molar-refractivity contribution < 1.29 is 9.53 Å². The van der Waals surface area contributed by atoms with E-state index in [1.54, 1.807) is 4.90 Å². The molecule has 4 heteroatoms. The van der Waals surface area contributed by atoms with Crippen LogP contribution in [0.1, 0.15) is 79.0 Å². The smallest absolute Gasteiger partial charge is 0.420 e. The number of amides is 1. The molecular formula is C30H36N2O2. The number of amidine groups is 1. The monoisotopic (exact) mass is 456 g/mol. The number of carbonyl (C=O) groups excluding carboxylic acids is 1. The lowest BCUT2D eigenvalue weighted by Crippen LogP contribution is -2.42. The first-order valence-corrected chi connectivity index (χ1v) is 12.0. The van der Waals surface area contributed by atoms with Gasteiger partial charge >= 0.3 is 6.09 Å². The van der Waals surface area contributed by atoms with Crippen LogP contribution in [0, 0.1) is 0 Å². The lowest BCUT2D eigenvalue weighted by molar-refractivity contribution is 0.0604. The van der Waals surface area contributed by atoms with Crippen LogP contribution in [0.2, 0.25) is 0 Å². The van der Waals surface area contributed by atoms with Crippen LogP contribution in [0.15, 0.2) is 59.6 Å². The second-order valence-corrected chi connectivity index (χ2v) is 12.2. The normalized spacial score (nSPS) is 14.3. The Morgan fingerprint density at radius 1 is 0.794 bits per heavy atom. The van der Waals surface area contributed by atoms with Crippen molar-refractivity contribution in [3.05, 3.63) is 71.3 Å². The number of hydrogen-bond acceptors (Lipinski definition) is 3. The van der Waals surface area contributed by atoms with E-state index in [9.17, 15) is 4.79 Å². The lowest BCUT2D eigenvalue weighted by atomic mass is 9.81. The van der Waals surface area contributed by atoms with E-state index in [0.29, 0.717) is 5.84 Å². The van der Waals surface area contributed by atoms with Crippen molar-refractivity contribution in [2.45, 2.75) is 78.7 Å². The minimum atomic E-state index is -0.629. The third-order valence-corrected chi connectivity index (χ3v) is 6.03. The fourth-order valence-corrected chi connectivity index (χ4v) is 4.15. The quantitative estimate of drug-likeness (QED) is 0.370. The van der Waals surface area contributed by atoms with Gasteiger partial charge in [-0.2, -0.15) is 0 Å². The lowest BCUT2D eigenvalue weighted by Gasteiger charge is -2.34. The molecule has 0 saturated heterocycles. The molecule has 4 nitrogen and oxygen atoms in total. The number of benzene rings is 3. The molecule has 1 heterocycles. The minimum Gasteiger partial charge on any atom is -0.443 e. The SMILES string of the molecule is CC(C)(C)OC(=O)N1C(c2ccccc2)=Nc2cc(C(C)(C)C)cc3cc(C(C)(C)C)cc1c23. The van der Waals surface area contributed by atoms with Crippen LogP contribution in [0.25, 0.3) is 10.8 Å². The number of ether oxygens (including phenoxy) is 1. The number of nitrogens with zero attached hydrogens (tertiary/aromatic N) is 2. The summed E-state index contributed by atoms with van der Waals surface area (Å²) in [6, 6.07) is 18.7. The van der Waals surface area contributed by atoms with E-state index in [1.165, 1.54) is 5.56 Å². The Morgan fingerprint density at radius 2 is 1.35 bits per heavy atom.